The zero-order valence-electron chi connectivity index (χ0n) is 7.44. The van der Waals surface area contributed by atoms with Gasteiger partial charge in [-0.15, -0.1) is 0 Å². The van der Waals surface area contributed by atoms with Gasteiger partial charge in [0.05, 0.1) is 19.0 Å². The van der Waals surface area contributed by atoms with Crippen molar-refractivity contribution in [1.29, 1.82) is 0 Å². The Labute approximate surface area is 72.4 Å². The number of rotatable bonds is 5. The molecule has 1 heterocycles. The molecule has 3 heteroatoms. The summed E-state index contributed by atoms with van der Waals surface area (Å²) in [6.45, 7) is 6.37. The van der Waals surface area contributed by atoms with Crippen LogP contribution in [0.25, 0.3) is 0 Å². The second-order valence-electron chi connectivity index (χ2n) is 3.06. The zero-order chi connectivity index (χ0) is 9.03. The summed E-state index contributed by atoms with van der Waals surface area (Å²) in [5.74, 6) is 0.620. The highest BCUT2D eigenvalue weighted by Gasteiger charge is 2.39. The molecule has 1 saturated heterocycles. The van der Waals surface area contributed by atoms with Crippen LogP contribution in [0.4, 0.5) is 4.39 Å². The van der Waals surface area contributed by atoms with Crippen LogP contribution in [-0.4, -0.2) is 25.5 Å². The predicted octanol–water partition coefficient (Wildman–Crippen LogP) is 2.06. The van der Waals surface area contributed by atoms with E-state index >= 15 is 0 Å². The van der Waals surface area contributed by atoms with Crippen molar-refractivity contribution in [2.75, 3.05) is 19.9 Å². The fourth-order valence-corrected chi connectivity index (χ4v) is 1.30. The Morgan fingerprint density at radius 2 is 2.42 bits per heavy atom. The molecule has 0 radical (unpaired) electrons. The van der Waals surface area contributed by atoms with Gasteiger partial charge in [-0.25, -0.2) is 4.39 Å². The number of hydrogen-bond acceptors (Lipinski definition) is 2. The molecule has 1 unspecified atom stereocenters. The van der Waals surface area contributed by atoms with E-state index in [4.69, 9.17) is 9.47 Å². The summed E-state index contributed by atoms with van der Waals surface area (Å²) in [6, 6.07) is 0. The molecule has 0 aromatic carbocycles. The van der Waals surface area contributed by atoms with Gasteiger partial charge in [0.1, 0.15) is 12.3 Å². The predicted molar refractivity (Wildman–Crippen MR) is 44.7 cm³/mol. The van der Waals surface area contributed by atoms with Crippen molar-refractivity contribution in [3.8, 4) is 0 Å². The molecule has 0 spiro atoms. The number of alkyl halides is 1. The minimum Gasteiger partial charge on any atom is -0.499 e. The third-order valence-electron chi connectivity index (χ3n) is 2.08. The number of hydrogen-bond donors (Lipinski definition) is 0. The van der Waals surface area contributed by atoms with Crippen molar-refractivity contribution in [3.05, 3.63) is 12.3 Å². The lowest BCUT2D eigenvalue weighted by Crippen LogP contribution is -2.46. The topological polar surface area (TPSA) is 18.5 Å². The molecule has 2 nitrogen and oxygen atoms in total. The molecular formula is C9H15FO2. The summed E-state index contributed by atoms with van der Waals surface area (Å²) in [6.07, 6.45) is 1.26. The van der Waals surface area contributed by atoms with Gasteiger partial charge in [-0.05, 0) is 6.92 Å². The average Bonchev–Trinajstić information content (AvgIpc) is 1.97. The summed E-state index contributed by atoms with van der Waals surface area (Å²) in [7, 11) is 0. The lowest BCUT2D eigenvalue weighted by molar-refractivity contribution is -0.160. The van der Waals surface area contributed by atoms with Crippen LogP contribution in [0.1, 0.15) is 19.8 Å². The van der Waals surface area contributed by atoms with Crippen molar-refractivity contribution < 1.29 is 13.9 Å². The van der Waals surface area contributed by atoms with Gasteiger partial charge in [-0.3, -0.25) is 0 Å². The molecule has 0 aromatic heterocycles. The van der Waals surface area contributed by atoms with Crippen molar-refractivity contribution in [2.24, 2.45) is 0 Å². The first-order valence-corrected chi connectivity index (χ1v) is 4.23. The summed E-state index contributed by atoms with van der Waals surface area (Å²) >= 11 is 0. The molecule has 0 aromatic rings. The monoisotopic (exact) mass is 174 g/mol. The molecule has 70 valence electrons. The fraction of sp³-hybridized carbons (Fsp3) is 0.778. The minimum atomic E-state index is -0.605. The average molecular weight is 174 g/mol. The van der Waals surface area contributed by atoms with Crippen LogP contribution in [0.3, 0.4) is 0 Å². The van der Waals surface area contributed by atoms with Gasteiger partial charge in [0.2, 0.25) is 0 Å². The Bertz CT molecular complexity index is 158. The van der Waals surface area contributed by atoms with Crippen LogP contribution in [0.5, 0.6) is 0 Å². The van der Waals surface area contributed by atoms with E-state index in [9.17, 15) is 4.39 Å². The van der Waals surface area contributed by atoms with Crippen LogP contribution in [-0.2, 0) is 9.47 Å². The van der Waals surface area contributed by atoms with E-state index < -0.39 is 12.3 Å². The second kappa shape index (κ2) is 3.90. The number of halogens is 1. The Hall–Kier alpha value is -0.570. The maximum atomic E-state index is 12.5. The zero-order valence-corrected chi connectivity index (χ0v) is 7.44. The molecule has 0 aliphatic carbocycles. The van der Waals surface area contributed by atoms with E-state index in [1.165, 1.54) is 0 Å². The van der Waals surface area contributed by atoms with E-state index in [-0.39, 0.29) is 0 Å². The maximum absolute atomic E-state index is 12.5. The molecule has 0 saturated carbocycles. The third kappa shape index (κ3) is 1.97. The van der Waals surface area contributed by atoms with Crippen molar-refractivity contribution in [2.45, 2.75) is 25.4 Å². The maximum Gasteiger partial charge on any atom is 0.119 e. The molecule has 1 atom stereocenters. The molecule has 0 amide bonds. The Morgan fingerprint density at radius 1 is 1.75 bits per heavy atom. The fourth-order valence-electron chi connectivity index (χ4n) is 1.30. The van der Waals surface area contributed by atoms with Gasteiger partial charge >= 0.3 is 0 Å². The largest absolute Gasteiger partial charge is 0.499 e. The van der Waals surface area contributed by atoms with Crippen LogP contribution in [0, 0.1) is 0 Å². The molecule has 1 fully saturated rings. The molecule has 12 heavy (non-hydrogen) atoms. The SMILES string of the molecule is C=C(CC1(CF)CCO1)OCC. The normalized spacial score (nSPS) is 27.8. The first-order chi connectivity index (χ1) is 5.72. The number of ether oxygens (including phenoxy) is 2. The molecule has 1 rings (SSSR count). The highest BCUT2D eigenvalue weighted by molar-refractivity contribution is 4.98. The lowest BCUT2D eigenvalue weighted by Gasteiger charge is -2.39. The van der Waals surface area contributed by atoms with Gasteiger partial charge in [-0.2, -0.15) is 0 Å². The smallest absolute Gasteiger partial charge is 0.119 e. The van der Waals surface area contributed by atoms with Gasteiger partial charge in [0.25, 0.3) is 0 Å². The Kier molecular flexibility index (Phi) is 3.09. The molecule has 1 aliphatic rings. The van der Waals surface area contributed by atoms with Crippen LogP contribution < -0.4 is 0 Å². The summed E-state index contributed by atoms with van der Waals surface area (Å²) in [5, 5.41) is 0. The highest BCUT2D eigenvalue weighted by Crippen LogP contribution is 2.33. The van der Waals surface area contributed by atoms with Crippen LogP contribution in [0.2, 0.25) is 0 Å². The van der Waals surface area contributed by atoms with E-state index in [1.54, 1.807) is 0 Å². The lowest BCUT2D eigenvalue weighted by atomic mass is 9.92. The van der Waals surface area contributed by atoms with Gasteiger partial charge in [-0.1, -0.05) is 6.58 Å². The van der Waals surface area contributed by atoms with E-state index in [1.807, 2.05) is 6.92 Å². The summed E-state index contributed by atoms with van der Waals surface area (Å²) < 4.78 is 22.8. The van der Waals surface area contributed by atoms with Gasteiger partial charge < -0.3 is 9.47 Å². The van der Waals surface area contributed by atoms with Crippen molar-refractivity contribution in [1.82, 2.24) is 0 Å². The van der Waals surface area contributed by atoms with Crippen molar-refractivity contribution in [3.63, 3.8) is 0 Å². The summed E-state index contributed by atoms with van der Waals surface area (Å²) in [4.78, 5) is 0. The standard InChI is InChI=1S/C9H15FO2/c1-3-11-8(2)6-9(7-10)4-5-12-9/h2-7H2,1H3. The second-order valence-corrected chi connectivity index (χ2v) is 3.06. The minimum absolute atomic E-state index is 0.445. The molecular weight excluding hydrogens is 159 g/mol. The van der Waals surface area contributed by atoms with E-state index in [0.29, 0.717) is 25.4 Å². The molecule has 0 bridgehead atoms. The molecule has 0 N–H and O–H groups in total. The third-order valence-corrected chi connectivity index (χ3v) is 2.08. The Balaban J connectivity index is 2.32. The van der Waals surface area contributed by atoms with Gasteiger partial charge in [0, 0.05) is 12.8 Å². The summed E-state index contributed by atoms with van der Waals surface area (Å²) in [5.41, 5.74) is -0.605. The quantitative estimate of drug-likeness (QED) is 0.594. The van der Waals surface area contributed by atoms with Crippen LogP contribution >= 0.6 is 0 Å². The van der Waals surface area contributed by atoms with Crippen molar-refractivity contribution >= 4 is 0 Å². The van der Waals surface area contributed by atoms with E-state index in [2.05, 4.69) is 6.58 Å². The highest BCUT2D eigenvalue weighted by atomic mass is 19.1. The van der Waals surface area contributed by atoms with E-state index in [0.717, 1.165) is 6.42 Å². The molecule has 1 aliphatic heterocycles. The van der Waals surface area contributed by atoms with Gasteiger partial charge in [0.15, 0.2) is 0 Å². The van der Waals surface area contributed by atoms with Crippen LogP contribution in [0.15, 0.2) is 12.3 Å². The first-order valence-electron chi connectivity index (χ1n) is 4.23. The Morgan fingerprint density at radius 3 is 2.75 bits per heavy atom. The first kappa shape index (κ1) is 9.52.